The molecule has 17 heavy (non-hydrogen) atoms. The lowest BCUT2D eigenvalue weighted by Crippen LogP contribution is -2.39. The maximum absolute atomic E-state index is 4.42. The number of aromatic nitrogens is 1. The van der Waals surface area contributed by atoms with Gasteiger partial charge in [-0.15, -0.1) is 11.3 Å². The first-order valence-corrected chi connectivity index (χ1v) is 7.46. The summed E-state index contributed by atoms with van der Waals surface area (Å²) in [5.74, 6) is 1.37. The van der Waals surface area contributed by atoms with Crippen LogP contribution in [0.2, 0.25) is 0 Å². The molecule has 1 rings (SSSR count). The molecule has 0 aliphatic rings. The molecular weight excluding hydrogens is 228 g/mol. The van der Waals surface area contributed by atoms with Crippen molar-refractivity contribution in [1.82, 2.24) is 10.3 Å². The van der Waals surface area contributed by atoms with Crippen molar-refractivity contribution >= 4 is 11.3 Å². The smallest absolute Gasteiger partial charge is 0.0794 e. The lowest BCUT2D eigenvalue weighted by Gasteiger charge is -2.34. The Kier molecular flexibility index (Phi) is 5.60. The molecule has 3 heteroatoms. The highest BCUT2D eigenvalue weighted by molar-refractivity contribution is 7.07. The van der Waals surface area contributed by atoms with E-state index in [0.717, 1.165) is 19.5 Å². The summed E-state index contributed by atoms with van der Waals surface area (Å²) < 4.78 is 0. The van der Waals surface area contributed by atoms with E-state index in [1.165, 1.54) is 5.69 Å². The zero-order chi connectivity index (χ0) is 12.9. The minimum atomic E-state index is 0.295. The fourth-order valence-electron chi connectivity index (χ4n) is 1.86. The SMILES string of the molecule is CC(C)CNCC(C)(Cc1cscn1)C(C)C. The summed E-state index contributed by atoms with van der Waals surface area (Å²) in [6.45, 7) is 13.7. The molecule has 0 aliphatic carbocycles. The molecule has 0 bridgehead atoms. The first kappa shape index (κ1) is 14.7. The molecule has 0 amide bonds. The lowest BCUT2D eigenvalue weighted by molar-refractivity contribution is 0.203. The number of hydrogen-bond acceptors (Lipinski definition) is 3. The summed E-state index contributed by atoms with van der Waals surface area (Å²) in [5.41, 5.74) is 3.46. The van der Waals surface area contributed by atoms with Gasteiger partial charge in [-0.05, 0) is 30.2 Å². The lowest BCUT2D eigenvalue weighted by atomic mass is 9.75. The Morgan fingerprint density at radius 1 is 1.35 bits per heavy atom. The van der Waals surface area contributed by atoms with Gasteiger partial charge < -0.3 is 5.32 Å². The molecule has 1 aromatic rings. The van der Waals surface area contributed by atoms with Crippen molar-refractivity contribution in [3.63, 3.8) is 0 Å². The number of hydrogen-bond donors (Lipinski definition) is 1. The van der Waals surface area contributed by atoms with Gasteiger partial charge in [0.05, 0.1) is 11.2 Å². The second-order valence-corrected chi connectivity index (χ2v) is 6.71. The third-order valence-corrected chi connectivity index (χ3v) is 4.18. The Morgan fingerprint density at radius 3 is 2.53 bits per heavy atom. The van der Waals surface area contributed by atoms with Gasteiger partial charge in [-0.25, -0.2) is 4.98 Å². The van der Waals surface area contributed by atoms with Crippen LogP contribution in [-0.4, -0.2) is 18.1 Å². The van der Waals surface area contributed by atoms with Gasteiger partial charge in [-0.3, -0.25) is 0 Å². The van der Waals surface area contributed by atoms with E-state index < -0.39 is 0 Å². The van der Waals surface area contributed by atoms with Crippen molar-refractivity contribution in [2.24, 2.45) is 17.3 Å². The van der Waals surface area contributed by atoms with E-state index in [4.69, 9.17) is 0 Å². The summed E-state index contributed by atoms with van der Waals surface area (Å²) in [7, 11) is 0. The average Bonchev–Trinajstić information content (AvgIpc) is 2.69. The van der Waals surface area contributed by atoms with Crippen molar-refractivity contribution in [2.45, 2.75) is 41.0 Å². The van der Waals surface area contributed by atoms with Gasteiger partial charge in [0.25, 0.3) is 0 Å². The summed E-state index contributed by atoms with van der Waals surface area (Å²) in [4.78, 5) is 4.42. The topological polar surface area (TPSA) is 24.9 Å². The molecule has 2 nitrogen and oxygen atoms in total. The van der Waals surface area contributed by atoms with Gasteiger partial charge in [0.1, 0.15) is 0 Å². The van der Waals surface area contributed by atoms with Crippen LogP contribution in [0.5, 0.6) is 0 Å². The van der Waals surface area contributed by atoms with E-state index in [0.29, 0.717) is 17.3 Å². The quantitative estimate of drug-likeness (QED) is 0.804. The number of rotatable bonds is 7. The molecule has 1 aromatic heterocycles. The van der Waals surface area contributed by atoms with Gasteiger partial charge in [-0.2, -0.15) is 0 Å². The van der Waals surface area contributed by atoms with E-state index in [1.807, 2.05) is 5.51 Å². The fraction of sp³-hybridized carbons (Fsp3) is 0.786. The van der Waals surface area contributed by atoms with Crippen LogP contribution in [0.25, 0.3) is 0 Å². The number of thiazole rings is 1. The molecule has 0 radical (unpaired) electrons. The first-order chi connectivity index (χ1) is 7.94. The molecule has 0 aromatic carbocycles. The Hall–Kier alpha value is -0.410. The minimum Gasteiger partial charge on any atom is -0.316 e. The van der Waals surface area contributed by atoms with Crippen LogP contribution in [0.4, 0.5) is 0 Å². The van der Waals surface area contributed by atoms with Crippen LogP contribution < -0.4 is 5.32 Å². The largest absolute Gasteiger partial charge is 0.316 e. The maximum Gasteiger partial charge on any atom is 0.0794 e. The average molecular weight is 254 g/mol. The third kappa shape index (κ3) is 4.76. The monoisotopic (exact) mass is 254 g/mol. The summed E-state index contributed by atoms with van der Waals surface area (Å²) in [6.07, 6.45) is 1.07. The van der Waals surface area contributed by atoms with Crippen LogP contribution in [-0.2, 0) is 6.42 Å². The van der Waals surface area contributed by atoms with Crippen LogP contribution >= 0.6 is 11.3 Å². The van der Waals surface area contributed by atoms with E-state index in [-0.39, 0.29) is 0 Å². The van der Waals surface area contributed by atoms with Crippen molar-refractivity contribution in [3.8, 4) is 0 Å². The van der Waals surface area contributed by atoms with Crippen LogP contribution in [0, 0.1) is 17.3 Å². The summed E-state index contributed by atoms with van der Waals surface area (Å²) in [5, 5.41) is 5.76. The number of nitrogens with zero attached hydrogens (tertiary/aromatic N) is 1. The highest BCUT2D eigenvalue weighted by Crippen LogP contribution is 2.30. The Labute approximate surface area is 110 Å². The molecule has 0 fully saturated rings. The minimum absolute atomic E-state index is 0.295. The van der Waals surface area contributed by atoms with E-state index >= 15 is 0 Å². The predicted octanol–water partition coefficient (Wildman–Crippen LogP) is 3.59. The van der Waals surface area contributed by atoms with Gasteiger partial charge in [0.2, 0.25) is 0 Å². The first-order valence-electron chi connectivity index (χ1n) is 6.52. The molecule has 0 saturated carbocycles. The molecule has 0 spiro atoms. The molecule has 1 unspecified atom stereocenters. The van der Waals surface area contributed by atoms with Crippen molar-refractivity contribution in [2.75, 3.05) is 13.1 Å². The number of nitrogens with one attached hydrogen (secondary N) is 1. The third-order valence-electron chi connectivity index (χ3n) is 3.54. The maximum atomic E-state index is 4.42. The van der Waals surface area contributed by atoms with Gasteiger partial charge in [-0.1, -0.05) is 34.6 Å². The van der Waals surface area contributed by atoms with Crippen molar-refractivity contribution < 1.29 is 0 Å². The standard InChI is InChI=1S/C14H26N2S/c1-11(2)7-15-9-14(5,12(3)4)6-13-8-17-10-16-13/h8,10-12,15H,6-7,9H2,1-5H3. The summed E-state index contributed by atoms with van der Waals surface area (Å²) >= 11 is 1.69. The Bertz CT molecular complexity index is 306. The second-order valence-electron chi connectivity index (χ2n) is 5.99. The Morgan fingerprint density at radius 2 is 2.06 bits per heavy atom. The Balaban J connectivity index is 2.56. The van der Waals surface area contributed by atoms with Crippen LogP contribution in [0.3, 0.4) is 0 Å². The molecule has 0 aliphatic heterocycles. The molecule has 1 heterocycles. The normalized spacial score (nSPS) is 15.5. The van der Waals surface area contributed by atoms with Crippen molar-refractivity contribution in [1.29, 1.82) is 0 Å². The van der Waals surface area contributed by atoms with Crippen molar-refractivity contribution in [3.05, 3.63) is 16.6 Å². The molecule has 1 atom stereocenters. The molecule has 1 N–H and O–H groups in total. The fourth-order valence-corrected chi connectivity index (χ4v) is 2.41. The molecule has 98 valence electrons. The molecular formula is C14H26N2S. The molecule has 0 saturated heterocycles. The summed E-state index contributed by atoms with van der Waals surface area (Å²) in [6, 6.07) is 0. The van der Waals surface area contributed by atoms with E-state index in [9.17, 15) is 0 Å². The predicted molar refractivity (Wildman–Crippen MR) is 76.5 cm³/mol. The van der Waals surface area contributed by atoms with Gasteiger partial charge in [0.15, 0.2) is 0 Å². The van der Waals surface area contributed by atoms with E-state index in [1.54, 1.807) is 11.3 Å². The highest BCUT2D eigenvalue weighted by atomic mass is 32.1. The highest BCUT2D eigenvalue weighted by Gasteiger charge is 2.29. The zero-order valence-electron chi connectivity index (χ0n) is 11.8. The van der Waals surface area contributed by atoms with Crippen LogP contribution in [0.15, 0.2) is 10.9 Å². The van der Waals surface area contributed by atoms with Crippen LogP contribution in [0.1, 0.15) is 40.3 Å². The van der Waals surface area contributed by atoms with Gasteiger partial charge >= 0.3 is 0 Å². The second kappa shape index (κ2) is 6.50. The van der Waals surface area contributed by atoms with Gasteiger partial charge in [0, 0.05) is 11.9 Å². The van der Waals surface area contributed by atoms with E-state index in [2.05, 4.69) is 50.3 Å². The zero-order valence-corrected chi connectivity index (χ0v) is 12.6.